The van der Waals surface area contributed by atoms with E-state index in [1.54, 1.807) is 0 Å². The summed E-state index contributed by atoms with van der Waals surface area (Å²) < 4.78 is 11.1. The van der Waals surface area contributed by atoms with Gasteiger partial charge in [-0.05, 0) is 36.4 Å². The molecule has 0 atom stereocenters. The van der Waals surface area contributed by atoms with Crippen molar-refractivity contribution in [3.05, 3.63) is 58.6 Å². The first-order valence-electron chi connectivity index (χ1n) is 9.81. The first-order valence-corrected chi connectivity index (χ1v) is 11.0. The van der Waals surface area contributed by atoms with Crippen molar-refractivity contribution in [1.82, 2.24) is 10.2 Å². The standard InChI is InChI=1S/C22H22ClN3O3S/c1-15(27)28-14-21-24-25-22(30-21)16-6-8-17(9-7-16)26-12-10-18(11-13-26)29-20-5-3-2-4-19(20)23/h2-9,18H,10-14H2,1H3. The van der Waals surface area contributed by atoms with E-state index < -0.39 is 0 Å². The number of anilines is 1. The number of halogens is 1. The Hall–Kier alpha value is -2.64. The highest BCUT2D eigenvalue weighted by Crippen LogP contribution is 2.30. The quantitative estimate of drug-likeness (QED) is 0.501. The summed E-state index contributed by atoms with van der Waals surface area (Å²) in [5, 5.41) is 10.4. The van der Waals surface area contributed by atoms with E-state index >= 15 is 0 Å². The molecule has 3 aromatic rings. The number of carbonyl (C=O) groups is 1. The Morgan fingerprint density at radius 2 is 1.87 bits per heavy atom. The van der Waals surface area contributed by atoms with E-state index in [4.69, 9.17) is 21.1 Å². The van der Waals surface area contributed by atoms with Gasteiger partial charge in [0.1, 0.15) is 23.5 Å². The molecule has 0 radical (unpaired) electrons. The molecule has 2 heterocycles. The maximum absolute atomic E-state index is 10.9. The summed E-state index contributed by atoms with van der Waals surface area (Å²) in [6, 6.07) is 15.9. The molecule has 8 heteroatoms. The zero-order chi connectivity index (χ0) is 20.9. The molecule has 0 amide bonds. The van der Waals surface area contributed by atoms with E-state index in [0.29, 0.717) is 10.0 Å². The summed E-state index contributed by atoms with van der Waals surface area (Å²) in [5.41, 5.74) is 2.18. The van der Waals surface area contributed by atoms with Crippen LogP contribution in [0.15, 0.2) is 48.5 Å². The van der Waals surface area contributed by atoms with E-state index in [0.717, 1.165) is 42.3 Å². The predicted molar refractivity (Wildman–Crippen MR) is 118 cm³/mol. The third kappa shape index (κ3) is 5.09. The van der Waals surface area contributed by atoms with Crippen molar-refractivity contribution in [2.75, 3.05) is 18.0 Å². The largest absolute Gasteiger partial charge is 0.489 e. The number of ether oxygens (including phenoxy) is 2. The Balaban J connectivity index is 1.33. The number of aromatic nitrogens is 2. The van der Waals surface area contributed by atoms with Crippen molar-refractivity contribution in [2.45, 2.75) is 32.5 Å². The normalized spacial score (nSPS) is 14.5. The molecule has 0 unspecified atom stereocenters. The zero-order valence-corrected chi connectivity index (χ0v) is 18.2. The van der Waals surface area contributed by atoms with Gasteiger partial charge in [0, 0.05) is 44.1 Å². The fourth-order valence-corrected chi connectivity index (χ4v) is 4.30. The van der Waals surface area contributed by atoms with Gasteiger partial charge in [-0.3, -0.25) is 4.79 Å². The second-order valence-electron chi connectivity index (χ2n) is 7.06. The first kappa shape index (κ1) is 20.6. The number of hydrogen-bond acceptors (Lipinski definition) is 7. The molecule has 1 aromatic heterocycles. The number of para-hydroxylation sites is 1. The molecule has 1 fully saturated rings. The van der Waals surface area contributed by atoms with E-state index in [9.17, 15) is 4.79 Å². The lowest BCUT2D eigenvalue weighted by molar-refractivity contribution is -0.142. The molecule has 0 bridgehead atoms. The fourth-order valence-electron chi connectivity index (χ4n) is 3.36. The number of carbonyl (C=O) groups excluding carboxylic acids is 1. The van der Waals surface area contributed by atoms with Crippen molar-refractivity contribution < 1.29 is 14.3 Å². The van der Waals surface area contributed by atoms with Crippen molar-refractivity contribution in [3.8, 4) is 16.3 Å². The van der Waals surface area contributed by atoms with Crippen molar-refractivity contribution >= 4 is 34.6 Å². The molecular formula is C22H22ClN3O3S. The minimum Gasteiger partial charge on any atom is -0.489 e. The average molecular weight is 444 g/mol. The Morgan fingerprint density at radius 1 is 1.13 bits per heavy atom. The lowest BCUT2D eigenvalue weighted by Crippen LogP contribution is -2.38. The second-order valence-corrected chi connectivity index (χ2v) is 8.53. The molecule has 0 aliphatic carbocycles. The number of hydrogen-bond donors (Lipinski definition) is 0. The van der Waals surface area contributed by atoms with Gasteiger partial charge in [-0.15, -0.1) is 10.2 Å². The third-order valence-electron chi connectivity index (χ3n) is 4.92. The van der Waals surface area contributed by atoms with Crippen LogP contribution in [0.4, 0.5) is 5.69 Å². The molecule has 0 spiro atoms. The van der Waals surface area contributed by atoms with Gasteiger partial charge in [-0.1, -0.05) is 35.1 Å². The monoisotopic (exact) mass is 443 g/mol. The highest BCUT2D eigenvalue weighted by atomic mass is 35.5. The van der Waals surface area contributed by atoms with Gasteiger partial charge in [-0.2, -0.15) is 0 Å². The molecule has 6 nitrogen and oxygen atoms in total. The average Bonchev–Trinajstić information content (AvgIpc) is 3.24. The molecule has 30 heavy (non-hydrogen) atoms. The van der Waals surface area contributed by atoms with Crippen LogP contribution in [0.3, 0.4) is 0 Å². The van der Waals surface area contributed by atoms with E-state index in [-0.39, 0.29) is 18.7 Å². The molecule has 156 valence electrons. The van der Waals surface area contributed by atoms with Crippen LogP contribution < -0.4 is 9.64 Å². The number of esters is 1. The minimum absolute atomic E-state index is 0.163. The highest BCUT2D eigenvalue weighted by molar-refractivity contribution is 7.14. The summed E-state index contributed by atoms with van der Waals surface area (Å²) in [5.74, 6) is 0.434. The van der Waals surface area contributed by atoms with Crippen molar-refractivity contribution in [2.24, 2.45) is 0 Å². The van der Waals surface area contributed by atoms with Gasteiger partial charge in [-0.25, -0.2) is 0 Å². The summed E-state index contributed by atoms with van der Waals surface area (Å²) in [7, 11) is 0. The smallest absolute Gasteiger partial charge is 0.303 e. The Kier molecular flexibility index (Phi) is 6.50. The number of piperidine rings is 1. The van der Waals surface area contributed by atoms with Gasteiger partial charge in [0.15, 0.2) is 5.01 Å². The maximum Gasteiger partial charge on any atom is 0.303 e. The van der Waals surface area contributed by atoms with Crippen LogP contribution in [0.5, 0.6) is 5.75 Å². The van der Waals surface area contributed by atoms with Gasteiger partial charge in [0.2, 0.25) is 0 Å². The second kappa shape index (κ2) is 9.45. The highest BCUT2D eigenvalue weighted by Gasteiger charge is 2.21. The van der Waals surface area contributed by atoms with Crippen LogP contribution in [0, 0.1) is 0 Å². The lowest BCUT2D eigenvalue weighted by Gasteiger charge is -2.34. The van der Waals surface area contributed by atoms with Gasteiger partial charge in [0.25, 0.3) is 0 Å². The van der Waals surface area contributed by atoms with Crippen LogP contribution >= 0.6 is 22.9 Å². The lowest BCUT2D eigenvalue weighted by atomic mass is 10.1. The number of benzene rings is 2. The maximum atomic E-state index is 10.9. The predicted octanol–water partition coefficient (Wildman–Crippen LogP) is 4.97. The summed E-state index contributed by atoms with van der Waals surface area (Å²) >= 11 is 7.63. The van der Waals surface area contributed by atoms with Gasteiger partial charge < -0.3 is 14.4 Å². The summed E-state index contributed by atoms with van der Waals surface area (Å²) in [6.45, 7) is 3.41. The molecular weight excluding hydrogens is 422 g/mol. The SMILES string of the molecule is CC(=O)OCc1nnc(-c2ccc(N3CCC(Oc4ccccc4Cl)CC3)cc2)s1. The summed E-state index contributed by atoms with van der Waals surface area (Å²) in [6.07, 6.45) is 2.07. The molecule has 2 aromatic carbocycles. The van der Waals surface area contributed by atoms with E-state index in [2.05, 4.69) is 39.4 Å². The molecule has 1 aliphatic heterocycles. The number of nitrogens with zero attached hydrogens (tertiary/aromatic N) is 3. The topological polar surface area (TPSA) is 64.5 Å². The zero-order valence-electron chi connectivity index (χ0n) is 16.6. The molecule has 4 rings (SSSR count). The van der Waals surface area contributed by atoms with E-state index in [1.807, 2.05) is 24.3 Å². The van der Waals surface area contributed by atoms with Gasteiger partial charge in [0.05, 0.1) is 5.02 Å². The van der Waals surface area contributed by atoms with Crippen LogP contribution in [-0.4, -0.2) is 35.4 Å². The fraction of sp³-hybridized carbons (Fsp3) is 0.318. The Labute approximate surface area is 184 Å². The van der Waals surface area contributed by atoms with Crippen LogP contribution in [-0.2, 0) is 16.1 Å². The molecule has 0 saturated carbocycles. The summed E-state index contributed by atoms with van der Waals surface area (Å²) in [4.78, 5) is 13.3. The molecule has 1 saturated heterocycles. The van der Waals surface area contributed by atoms with E-state index in [1.165, 1.54) is 23.9 Å². The molecule has 1 aliphatic rings. The van der Waals surface area contributed by atoms with Crippen molar-refractivity contribution in [3.63, 3.8) is 0 Å². The minimum atomic E-state index is -0.322. The van der Waals surface area contributed by atoms with Crippen LogP contribution in [0.2, 0.25) is 5.02 Å². The number of rotatable bonds is 6. The Bertz CT molecular complexity index is 1000. The van der Waals surface area contributed by atoms with Crippen molar-refractivity contribution in [1.29, 1.82) is 0 Å². The third-order valence-corrected chi connectivity index (χ3v) is 6.18. The Morgan fingerprint density at radius 3 is 2.57 bits per heavy atom. The molecule has 0 N–H and O–H groups in total. The van der Waals surface area contributed by atoms with Gasteiger partial charge >= 0.3 is 5.97 Å². The van der Waals surface area contributed by atoms with Crippen LogP contribution in [0.25, 0.3) is 10.6 Å². The van der Waals surface area contributed by atoms with Crippen LogP contribution in [0.1, 0.15) is 24.8 Å². The first-order chi connectivity index (χ1) is 14.6.